The third kappa shape index (κ3) is 5.90. The number of hydrogen-bond acceptors (Lipinski definition) is 4. The second-order valence-corrected chi connectivity index (χ2v) is 7.62. The molecule has 2 amide bonds. The summed E-state index contributed by atoms with van der Waals surface area (Å²) in [5.41, 5.74) is 0.471. The van der Waals surface area contributed by atoms with Crippen molar-refractivity contribution < 1.29 is 19.4 Å². The number of benzene rings is 2. The van der Waals surface area contributed by atoms with Crippen LogP contribution in [0.3, 0.4) is 0 Å². The molecule has 2 unspecified atom stereocenters. The van der Waals surface area contributed by atoms with E-state index in [0.717, 1.165) is 10.8 Å². The standard InChI is InChI=1S/C24H28N2O4/c1-16(2)13-21(24(29)25-20-9-5-6-12-30-15-22(20)27)26-23(28)19-11-10-17-7-3-4-8-18(17)14-19/h3-8,10-11,14,16,20-22,27H,1-2,9,12-13,15H2,(H,25,29)(H,26,28)/b6-5-/t20?,21?,22-/m1/s1. The fraction of sp³-hybridized carbons (Fsp3) is 0.333. The predicted octanol–water partition coefficient (Wildman–Crippen LogP) is 2.43. The summed E-state index contributed by atoms with van der Waals surface area (Å²) < 4.78 is 5.30. The van der Waals surface area contributed by atoms with E-state index in [1.54, 1.807) is 12.1 Å². The van der Waals surface area contributed by atoms with E-state index in [0.29, 0.717) is 18.6 Å². The van der Waals surface area contributed by atoms with E-state index in [1.165, 1.54) is 0 Å². The molecule has 3 N–H and O–H groups in total. The average molecular weight is 408 g/mol. The molecule has 0 saturated heterocycles. The first-order valence-electron chi connectivity index (χ1n) is 10.1. The largest absolute Gasteiger partial charge is 0.389 e. The molecule has 1 aliphatic rings. The van der Waals surface area contributed by atoms with E-state index >= 15 is 0 Å². The van der Waals surface area contributed by atoms with Gasteiger partial charge >= 0.3 is 0 Å². The molecule has 3 rings (SSSR count). The number of ether oxygens (including phenoxy) is 1. The van der Waals surface area contributed by atoms with Gasteiger partial charge in [0.15, 0.2) is 0 Å². The second-order valence-electron chi connectivity index (χ2n) is 7.62. The highest BCUT2D eigenvalue weighted by Crippen LogP contribution is 2.16. The van der Waals surface area contributed by atoms with Crippen LogP contribution in [0.1, 0.15) is 23.2 Å². The van der Waals surface area contributed by atoms with E-state index < -0.39 is 18.2 Å². The summed E-state index contributed by atoms with van der Waals surface area (Å²) in [6.07, 6.45) is 3.65. The molecule has 0 spiro atoms. The lowest BCUT2D eigenvalue weighted by Gasteiger charge is -2.27. The molecule has 0 fully saturated rings. The lowest BCUT2D eigenvalue weighted by molar-refractivity contribution is -0.125. The molecule has 1 aliphatic heterocycles. The average Bonchev–Trinajstić information content (AvgIpc) is 2.72. The van der Waals surface area contributed by atoms with Crippen LogP contribution in [0.5, 0.6) is 0 Å². The molecule has 6 nitrogen and oxygen atoms in total. The SMILES string of the molecule is [CH2]C([CH2])CC(NC(=O)c1ccc2ccccc2c1)C(=O)NC1C/C=C\COC[C@H]1O. The van der Waals surface area contributed by atoms with Gasteiger partial charge in [0.05, 0.1) is 25.4 Å². The van der Waals surface area contributed by atoms with Gasteiger partial charge in [0.25, 0.3) is 5.91 Å². The minimum absolute atomic E-state index is 0.136. The summed E-state index contributed by atoms with van der Waals surface area (Å²) >= 11 is 0. The zero-order chi connectivity index (χ0) is 21.5. The molecule has 158 valence electrons. The second kappa shape index (κ2) is 10.4. The molecule has 0 aromatic heterocycles. The Balaban J connectivity index is 1.72. The Morgan fingerprint density at radius 3 is 2.67 bits per heavy atom. The Hall–Kier alpha value is -2.70. The van der Waals surface area contributed by atoms with Crippen molar-refractivity contribution in [2.45, 2.75) is 31.0 Å². The first-order valence-corrected chi connectivity index (χ1v) is 10.1. The van der Waals surface area contributed by atoms with E-state index in [9.17, 15) is 14.7 Å². The molecule has 0 saturated carbocycles. The third-order valence-electron chi connectivity index (χ3n) is 5.05. The Bertz CT molecular complexity index is 909. The molecule has 2 aromatic carbocycles. The quantitative estimate of drug-likeness (QED) is 0.641. The normalized spacial score (nSPS) is 21.5. The van der Waals surface area contributed by atoms with Crippen molar-refractivity contribution in [3.8, 4) is 0 Å². The van der Waals surface area contributed by atoms with Gasteiger partial charge in [-0.2, -0.15) is 0 Å². The molecule has 2 radical (unpaired) electrons. The number of aliphatic hydroxyl groups is 1. The van der Waals surface area contributed by atoms with Crippen LogP contribution in [0.2, 0.25) is 0 Å². The molecule has 30 heavy (non-hydrogen) atoms. The van der Waals surface area contributed by atoms with Crippen LogP contribution in [-0.4, -0.2) is 48.3 Å². The topological polar surface area (TPSA) is 87.7 Å². The minimum Gasteiger partial charge on any atom is -0.389 e. The summed E-state index contributed by atoms with van der Waals surface area (Å²) in [5.74, 6) is -1.01. The van der Waals surface area contributed by atoms with E-state index in [4.69, 9.17) is 4.74 Å². The fourth-order valence-electron chi connectivity index (χ4n) is 3.42. The third-order valence-corrected chi connectivity index (χ3v) is 5.05. The molecule has 0 bridgehead atoms. The summed E-state index contributed by atoms with van der Waals surface area (Å²) in [6.45, 7) is 8.27. The van der Waals surface area contributed by atoms with Crippen molar-refractivity contribution in [2.24, 2.45) is 5.92 Å². The Labute approximate surface area is 177 Å². The van der Waals surface area contributed by atoms with E-state index in [2.05, 4.69) is 24.5 Å². The van der Waals surface area contributed by atoms with Crippen molar-refractivity contribution >= 4 is 22.6 Å². The number of aliphatic hydroxyl groups excluding tert-OH is 1. The van der Waals surface area contributed by atoms with Crippen molar-refractivity contribution in [3.05, 3.63) is 74.0 Å². The first kappa shape index (κ1) is 22.0. The molecule has 2 aromatic rings. The van der Waals surface area contributed by atoms with Gasteiger partial charge in [-0.25, -0.2) is 0 Å². The number of carbonyl (C=O) groups is 2. The number of nitrogens with one attached hydrogen (secondary N) is 2. The van der Waals surface area contributed by atoms with Gasteiger partial charge in [0.2, 0.25) is 5.91 Å². The van der Waals surface area contributed by atoms with Gasteiger partial charge in [-0.05, 0) is 41.7 Å². The Morgan fingerprint density at radius 1 is 1.13 bits per heavy atom. The number of rotatable bonds is 6. The zero-order valence-corrected chi connectivity index (χ0v) is 16.9. The van der Waals surface area contributed by atoms with Gasteiger partial charge in [0, 0.05) is 5.56 Å². The maximum absolute atomic E-state index is 12.9. The number of hydrogen-bond donors (Lipinski definition) is 3. The molecule has 0 aliphatic carbocycles. The molecule has 6 heteroatoms. The smallest absolute Gasteiger partial charge is 0.251 e. The number of carbonyl (C=O) groups excluding carboxylic acids is 2. The summed E-state index contributed by atoms with van der Waals surface area (Å²) in [7, 11) is 0. The van der Waals surface area contributed by atoms with Crippen molar-refractivity contribution in [3.63, 3.8) is 0 Å². The highest BCUT2D eigenvalue weighted by Gasteiger charge is 2.27. The Kier molecular flexibility index (Phi) is 7.60. The van der Waals surface area contributed by atoms with Crippen molar-refractivity contribution in [1.29, 1.82) is 0 Å². The van der Waals surface area contributed by atoms with E-state index in [1.807, 2.05) is 42.5 Å². The zero-order valence-electron chi connectivity index (χ0n) is 16.9. The Morgan fingerprint density at radius 2 is 1.90 bits per heavy atom. The summed E-state index contributed by atoms with van der Waals surface area (Å²) in [6, 6.07) is 11.9. The highest BCUT2D eigenvalue weighted by molar-refractivity contribution is 6.00. The maximum Gasteiger partial charge on any atom is 0.251 e. The highest BCUT2D eigenvalue weighted by atomic mass is 16.5. The van der Waals surface area contributed by atoms with Crippen LogP contribution in [0.25, 0.3) is 10.8 Å². The lowest BCUT2D eigenvalue weighted by atomic mass is 10.0. The summed E-state index contributed by atoms with van der Waals surface area (Å²) in [4.78, 5) is 25.7. The monoisotopic (exact) mass is 408 g/mol. The first-order chi connectivity index (χ1) is 14.4. The van der Waals surface area contributed by atoms with Crippen LogP contribution in [0.15, 0.2) is 54.6 Å². The van der Waals surface area contributed by atoms with Crippen LogP contribution in [0.4, 0.5) is 0 Å². The maximum atomic E-state index is 12.9. The predicted molar refractivity (Wildman–Crippen MR) is 117 cm³/mol. The number of fused-ring (bicyclic) bond motifs is 1. The van der Waals surface area contributed by atoms with Gasteiger partial charge in [-0.1, -0.05) is 56.3 Å². The molecule has 1 heterocycles. The number of amides is 2. The van der Waals surface area contributed by atoms with E-state index in [-0.39, 0.29) is 30.8 Å². The van der Waals surface area contributed by atoms with Crippen LogP contribution in [0, 0.1) is 19.8 Å². The van der Waals surface area contributed by atoms with Gasteiger partial charge in [0.1, 0.15) is 6.04 Å². The van der Waals surface area contributed by atoms with Gasteiger partial charge in [-0.3, -0.25) is 9.59 Å². The molecular formula is C24H28N2O4. The molecule has 3 atom stereocenters. The van der Waals surface area contributed by atoms with Gasteiger partial charge in [-0.15, -0.1) is 0 Å². The van der Waals surface area contributed by atoms with Crippen molar-refractivity contribution in [1.82, 2.24) is 10.6 Å². The van der Waals surface area contributed by atoms with Crippen molar-refractivity contribution in [2.75, 3.05) is 13.2 Å². The molecular weight excluding hydrogens is 380 g/mol. The van der Waals surface area contributed by atoms with Crippen LogP contribution >= 0.6 is 0 Å². The fourth-order valence-corrected chi connectivity index (χ4v) is 3.42. The van der Waals surface area contributed by atoms with Gasteiger partial charge < -0.3 is 20.5 Å². The lowest BCUT2D eigenvalue weighted by Crippen LogP contribution is -2.53. The van der Waals surface area contributed by atoms with Crippen LogP contribution in [-0.2, 0) is 9.53 Å². The summed E-state index contributed by atoms with van der Waals surface area (Å²) in [5, 5.41) is 17.9. The minimum atomic E-state index is -0.828. The van der Waals surface area contributed by atoms with Crippen LogP contribution < -0.4 is 10.6 Å².